The molecule has 1 aliphatic rings. The second-order valence-corrected chi connectivity index (χ2v) is 5.04. The maximum absolute atomic E-state index is 12.0. The molecule has 5 nitrogen and oxygen atoms in total. The van der Waals surface area contributed by atoms with Crippen LogP contribution in [0.4, 0.5) is 0 Å². The number of aliphatic carboxylic acids is 1. The second kappa shape index (κ2) is 4.42. The monoisotopic (exact) mass is 262 g/mol. The van der Waals surface area contributed by atoms with E-state index in [1.165, 1.54) is 18.2 Å². The fourth-order valence-corrected chi connectivity index (χ4v) is 2.00. The third kappa shape index (κ3) is 2.76. The van der Waals surface area contributed by atoms with Gasteiger partial charge < -0.3 is 14.9 Å². The highest BCUT2D eigenvalue weighted by atomic mass is 16.5. The van der Waals surface area contributed by atoms with Crippen LogP contribution in [0.15, 0.2) is 18.2 Å². The van der Waals surface area contributed by atoms with Gasteiger partial charge in [0.1, 0.15) is 17.1 Å². The summed E-state index contributed by atoms with van der Waals surface area (Å²) in [6.07, 6.45) is 2.39. The van der Waals surface area contributed by atoms with Gasteiger partial charge in [-0.2, -0.15) is 0 Å². The van der Waals surface area contributed by atoms with Crippen LogP contribution in [0.2, 0.25) is 0 Å². The molecule has 0 aromatic heterocycles. The summed E-state index contributed by atoms with van der Waals surface area (Å²) in [5.41, 5.74) is 0.0366. The SMILES string of the molecule is CC1(C)CC(=O)c2cc(/C=C/C(=O)O)c(O)cc2O1. The summed E-state index contributed by atoms with van der Waals surface area (Å²) in [7, 11) is 0. The minimum absolute atomic E-state index is 0.0868. The van der Waals surface area contributed by atoms with E-state index in [4.69, 9.17) is 9.84 Å². The molecule has 1 aliphatic heterocycles. The minimum Gasteiger partial charge on any atom is -0.507 e. The first kappa shape index (κ1) is 13.1. The van der Waals surface area contributed by atoms with Gasteiger partial charge in [0.05, 0.1) is 12.0 Å². The molecule has 2 N–H and O–H groups in total. The van der Waals surface area contributed by atoms with Gasteiger partial charge in [0, 0.05) is 17.7 Å². The van der Waals surface area contributed by atoms with Gasteiger partial charge in [0.2, 0.25) is 0 Å². The third-order valence-electron chi connectivity index (χ3n) is 2.81. The summed E-state index contributed by atoms with van der Waals surface area (Å²) in [5, 5.41) is 18.4. The predicted octanol–water partition coefficient (Wildman–Crippen LogP) is 2.23. The van der Waals surface area contributed by atoms with Gasteiger partial charge in [0.15, 0.2) is 5.78 Å². The quantitative estimate of drug-likeness (QED) is 0.798. The Balaban J connectivity index is 2.47. The zero-order valence-corrected chi connectivity index (χ0v) is 10.6. The van der Waals surface area contributed by atoms with Crippen molar-refractivity contribution >= 4 is 17.8 Å². The lowest BCUT2D eigenvalue weighted by atomic mass is 9.92. The van der Waals surface area contributed by atoms with Crippen molar-refractivity contribution in [3.63, 3.8) is 0 Å². The largest absolute Gasteiger partial charge is 0.507 e. The summed E-state index contributed by atoms with van der Waals surface area (Å²) in [4.78, 5) is 22.5. The molecule has 0 radical (unpaired) electrons. The summed E-state index contributed by atoms with van der Waals surface area (Å²) < 4.78 is 5.63. The zero-order valence-electron chi connectivity index (χ0n) is 10.6. The third-order valence-corrected chi connectivity index (χ3v) is 2.81. The molecule has 0 amide bonds. The Bertz CT molecular complexity index is 584. The number of phenolic OH excluding ortho intramolecular Hbond substituents is 1. The van der Waals surface area contributed by atoms with E-state index in [9.17, 15) is 14.7 Å². The van der Waals surface area contributed by atoms with Crippen molar-refractivity contribution in [1.29, 1.82) is 0 Å². The van der Waals surface area contributed by atoms with E-state index in [0.717, 1.165) is 6.08 Å². The molecule has 19 heavy (non-hydrogen) atoms. The Labute approximate surface area is 110 Å². The van der Waals surface area contributed by atoms with Crippen LogP contribution in [0.5, 0.6) is 11.5 Å². The Morgan fingerprint density at radius 1 is 1.42 bits per heavy atom. The highest BCUT2D eigenvalue weighted by Gasteiger charge is 2.33. The number of fused-ring (bicyclic) bond motifs is 1. The number of ketones is 1. The number of ether oxygens (including phenoxy) is 1. The average molecular weight is 262 g/mol. The number of phenols is 1. The lowest BCUT2D eigenvalue weighted by Crippen LogP contribution is -2.35. The number of rotatable bonds is 2. The van der Waals surface area contributed by atoms with E-state index in [0.29, 0.717) is 11.3 Å². The van der Waals surface area contributed by atoms with Crippen LogP contribution in [-0.4, -0.2) is 27.6 Å². The number of carboxylic acids is 1. The van der Waals surface area contributed by atoms with Gasteiger partial charge in [-0.3, -0.25) is 4.79 Å². The number of carbonyl (C=O) groups is 2. The van der Waals surface area contributed by atoms with E-state index >= 15 is 0 Å². The minimum atomic E-state index is -1.12. The Kier molecular flexibility index (Phi) is 3.06. The summed E-state index contributed by atoms with van der Waals surface area (Å²) in [5.74, 6) is -1.01. The molecule has 0 atom stereocenters. The number of hydrogen-bond acceptors (Lipinski definition) is 4. The molecule has 0 saturated heterocycles. The van der Waals surface area contributed by atoms with Gasteiger partial charge in [0.25, 0.3) is 0 Å². The predicted molar refractivity (Wildman–Crippen MR) is 68.4 cm³/mol. The van der Waals surface area contributed by atoms with Crippen molar-refractivity contribution in [3.8, 4) is 11.5 Å². The maximum atomic E-state index is 12.0. The van der Waals surface area contributed by atoms with Crippen molar-refractivity contribution in [2.75, 3.05) is 0 Å². The van der Waals surface area contributed by atoms with Crippen LogP contribution in [0, 0.1) is 0 Å². The molecule has 0 unspecified atom stereocenters. The summed E-state index contributed by atoms with van der Waals surface area (Å²) >= 11 is 0. The van der Waals surface area contributed by atoms with Gasteiger partial charge >= 0.3 is 5.97 Å². The number of aromatic hydroxyl groups is 1. The molecule has 5 heteroatoms. The molecule has 1 aromatic rings. The first-order chi connectivity index (χ1) is 8.78. The maximum Gasteiger partial charge on any atom is 0.328 e. The molecule has 2 rings (SSSR count). The fraction of sp³-hybridized carbons (Fsp3) is 0.286. The normalized spacial score (nSPS) is 17.1. The van der Waals surface area contributed by atoms with Crippen LogP contribution in [0.25, 0.3) is 6.08 Å². The van der Waals surface area contributed by atoms with Gasteiger partial charge in [-0.05, 0) is 26.0 Å². The van der Waals surface area contributed by atoms with Crippen LogP contribution in [0.1, 0.15) is 36.2 Å². The van der Waals surface area contributed by atoms with E-state index < -0.39 is 11.6 Å². The first-order valence-electron chi connectivity index (χ1n) is 5.79. The molecule has 1 heterocycles. The van der Waals surface area contributed by atoms with Crippen LogP contribution >= 0.6 is 0 Å². The summed E-state index contributed by atoms with van der Waals surface area (Å²) in [6, 6.07) is 2.79. The van der Waals surface area contributed by atoms with E-state index in [1.54, 1.807) is 13.8 Å². The van der Waals surface area contributed by atoms with Gasteiger partial charge in [-0.15, -0.1) is 0 Å². The number of carbonyl (C=O) groups excluding carboxylic acids is 1. The lowest BCUT2D eigenvalue weighted by Gasteiger charge is -2.31. The van der Waals surface area contributed by atoms with E-state index in [-0.39, 0.29) is 23.5 Å². The Morgan fingerprint density at radius 2 is 2.11 bits per heavy atom. The topological polar surface area (TPSA) is 83.8 Å². The highest BCUT2D eigenvalue weighted by Crippen LogP contribution is 2.37. The highest BCUT2D eigenvalue weighted by molar-refractivity contribution is 6.01. The smallest absolute Gasteiger partial charge is 0.328 e. The molecule has 0 fully saturated rings. The molecule has 0 spiro atoms. The molecule has 1 aromatic carbocycles. The van der Waals surface area contributed by atoms with Crippen molar-refractivity contribution in [2.24, 2.45) is 0 Å². The first-order valence-corrected chi connectivity index (χ1v) is 5.79. The van der Waals surface area contributed by atoms with Crippen LogP contribution in [0.3, 0.4) is 0 Å². The van der Waals surface area contributed by atoms with Crippen LogP contribution in [-0.2, 0) is 4.79 Å². The number of Topliss-reactive ketones (excluding diaryl/α,β-unsaturated/α-hetero) is 1. The molecule has 0 saturated carbocycles. The molecule has 0 aliphatic carbocycles. The zero-order chi connectivity index (χ0) is 14.2. The summed E-state index contributed by atoms with van der Waals surface area (Å²) in [6.45, 7) is 3.59. The van der Waals surface area contributed by atoms with Crippen LogP contribution < -0.4 is 4.74 Å². The van der Waals surface area contributed by atoms with E-state index in [2.05, 4.69) is 0 Å². The second-order valence-electron chi connectivity index (χ2n) is 5.04. The Morgan fingerprint density at radius 3 is 2.74 bits per heavy atom. The van der Waals surface area contributed by atoms with E-state index in [1.807, 2.05) is 0 Å². The molecule has 100 valence electrons. The van der Waals surface area contributed by atoms with Crippen molar-refractivity contribution in [1.82, 2.24) is 0 Å². The molecule has 0 bridgehead atoms. The Hall–Kier alpha value is -2.30. The average Bonchev–Trinajstić information content (AvgIpc) is 2.24. The lowest BCUT2D eigenvalue weighted by molar-refractivity contribution is -0.131. The standard InChI is InChI=1S/C14H14O5/c1-14(2)7-11(16)9-5-8(3-4-13(17)18)10(15)6-12(9)19-14/h3-6,15H,7H2,1-2H3,(H,17,18)/b4-3+. The molecular weight excluding hydrogens is 248 g/mol. The van der Waals surface area contributed by atoms with Crippen molar-refractivity contribution in [2.45, 2.75) is 25.9 Å². The van der Waals surface area contributed by atoms with Crippen molar-refractivity contribution < 1.29 is 24.5 Å². The molecular formula is C14H14O5. The van der Waals surface area contributed by atoms with Crippen molar-refractivity contribution in [3.05, 3.63) is 29.3 Å². The number of hydrogen-bond donors (Lipinski definition) is 2. The number of benzene rings is 1. The fourth-order valence-electron chi connectivity index (χ4n) is 2.00. The number of carboxylic acid groups (broad SMARTS) is 1. The van der Waals surface area contributed by atoms with Gasteiger partial charge in [-0.1, -0.05) is 0 Å². The van der Waals surface area contributed by atoms with Gasteiger partial charge in [-0.25, -0.2) is 4.79 Å².